The molecule has 0 saturated carbocycles. The SMILES string of the molecule is COc1ccc(-c2cc(C)nc(SCc3nc4ccccc4c(=O)[nH]3)n2)cc1. The fraction of sp³-hybridized carbons (Fsp3) is 0.143. The second-order valence-electron chi connectivity index (χ2n) is 6.22. The molecule has 4 aromatic rings. The van der Waals surface area contributed by atoms with Crippen molar-refractivity contribution in [3.8, 4) is 17.0 Å². The van der Waals surface area contributed by atoms with Gasteiger partial charge in [0, 0.05) is 11.3 Å². The fourth-order valence-electron chi connectivity index (χ4n) is 2.85. The average molecular weight is 390 g/mol. The van der Waals surface area contributed by atoms with Gasteiger partial charge in [-0.05, 0) is 49.4 Å². The highest BCUT2D eigenvalue weighted by molar-refractivity contribution is 7.98. The second-order valence-corrected chi connectivity index (χ2v) is 7.17. The number of aryl methyl sites for hydroxylation is 1. The number of nitrogens with zero attached hydrogens (tertiary/aromatic N) is 3. The lowest BCUT2D eigenvalue weighted by Gasteiger charge is -2.07. The summed E-state index contributed by atoms with van der Waals surface area (Å²) in [6.45, 7) is 1.94. The van der Waals surface area contributed by atoms with E-state index in [4.69, 9.17) is 4.74 Å². The number of ether oxygens (including phenoxy) is 1. The molecule has 28 heavy (non-hydrogen) atoms. The van der Waals surface area contributed by atoms with Crippen molar-refractivity contribution in [3.05, 3.63) is 76.5 Å². The zero-order chi connectivity index (χ0) is 19.5. The Hall–Kier alpha value is -3.19. The molecule has 0 unspecified atom stereocenters. The van der Waals surface area contributed by atoms with Gasteiger partial charge in [-0.1, -0.05) is 23.9 Å². The van der Waals surface area contributed by atoms with Gasteiger partial charge < -0.3 is 9.72 Å². The number of aromatic amines is 1. The zero-order valence-electron chi connectivity index (χ0n) is 15.5. The molecule has 140 valence electrons. The van der Waals surface area contributed by atoms with E-state index in [9.17, 15) is 4.79 Å². The molecule has 0 aliphatic rings. The number of para-hydroxylation sites is 1. The Bertz CT molecular complexity index is 1190. The third-order valence-corrected chi connectivity index (χ3v) is 5.08. The third kappa shape index (κ3) is 3.89. The fourth-order valence-corrected chi connectivity index (χ4v) is 3.63. The largest absolute Gasteiger partial charge is 0.497 e. The van der Waals surface area contributed by atoms with Crippen molar-refractivity contribution in [1.82, 2.24) is 19.9 Å². The number of fused-ring (bicyclic) bond motifs is 1. The molecule has 0 bridgehead atoms. The molecule has 0 aliphatic carbocycles. The normalized spacial score (nSPS) is 10.9. The van der Waals surface area contributed by atoms with Crippen LogP contribution in [-0.2, 0) is 5.75 Å². The molecular formula is C21H18N4O2S. The number of aromatic nitrogens is 4. The molecule has 0 amide bonds. The van der Waals surface area contributed by atoms with E-state index in [1.165, 1.54) is 11.8 Å². The number of hydrogen-bond acceptors (Lipinski definition) is 6. The molecule has 2 aromatic heterocycles. The van der Waals surface area contributed by atoms with Crippen molar-refractivity contribution >= 4 is 22.7 Å². The van der Waals surface area contributed by atoms with Crippen LogP contribution in [0.15, 0.2) is 64.5 Å². The van der Waals surface area contributed by atoms with E-state index in [1.54, 1.807) is 13.2 Å². The van der Waals surface area contributed by atoms with Crippen LogP contribution >= 0.6 is 11.8 Å². The molecule has 0 radical (unpaired) electrons. The van der Waals surface area contributed by atoms with Gasteiger partial charge in [0.15, 0.2) is 5.16 Å². The first-order valence-corrected chi connectivity index (χ1v) is 9.72. The minimum Gasteiger partial charge on any atom is -0.497 e. The molecule has 0 fully saturated rings. The second kappa shape index (κ2) is 7.82. The van der Waals surface area contributed by atoms with E-state index in [0.29, 0.717) is 27.6 Å². The zero-order valence-corrected chi connectivity index (χ0v) is 16.3. The highest BCUT2D eigenvalue weighted by atomic mass is 32.2. The first-order chi connectivity index (χ1) is 13.6. The molecule has 2 heterocycles. The Morgan fingerprint density at radius 3 is 2.61 bits per heavy atom. The lowest BCUT2D eigenvalue weighted by molar-refractivity contribution is 0.415. The number of benzene rings is 2. The van der Waals surface area contributed by atoms with Crippen LogP contribution in [0.4, 0.5) is 0 Å². The number of rotatable bonds is 5. The average Bonchev–Trinajstić information content (AvgIpc) is 2.72. The smallest absolute Gasteiger partial charge is 0.258 e. The van der Waals surface area contributed by atoms with Crippen molar-refractivity contribution in [3.63, 3.8) is 0 Å². The van der Waals surface area contributed by atoms with Gasteiger partial charge >= 0.3 is 0 Å². The van der Waals surface area contributed by atoms with Crippen molar-refractivity contribution in [2.75, 3.05) is 7.11 Å². The van der Waals surface area contributed by atoms with E-state index in [0.717, 1.165) is 22.7 Å². The molecule has 6 nitrogen and oxygen atoms in total. The Morgan fingerprint density at radius 1 is 1.04 bits per heavy atom. The minimum absolute atomic E-state index is 0.134. The lowest BCUT2D eigenvalue weighted by Crippen LogP contribution is -2.11. The number of methoxy groups -OCH3 is 1. The number of nitrogens with one attached hydrogen (secondary N) is 1. The van der Waals surface area contributed by atoms with Gasteiger partial charge in [0.05, 0.1) is 29.5 Å². The van der Waals surface area contributed by atoms with Crippen molar-refractivity contribution in [2.24, 2.45) is 0 Å². The van der Waals surface area contributed by atoms with E-state index >= 15 is 0 Å². The van der Waals surface area contributed by atoms with E-state index < -0.39 is 0 Å². The highest BCUT2D eigenvalue weighted by Gasteiger charge is 2.08. The van der Waals surface area contributed by atoms with Crippen molar-refractivity contribution in [2.45, 2.75) is 17.8 Å². The first-order valence-electron chi connectivity index (χ1n) is 8.73. The number of hydrogen-bond donors (Lipinski definition) is 1. The maximum absolute atomic E-state index is 12.2. The van der Waals surface area contributed by atoms with Crippen LogP contribution in [0.2, 0.25) is 0 Å². The predicted octanol–water partition coefficient (Wildman–Crippen LogP) is 3.99. The van der Waals surface area contributed by atoms with Crippen LogP contribution in [0.5, 0.6) is 5.75 Å². The standard InChI is InChI=1S/C21H18N4O2S/c1-13-11-18(14-7-9-15(27-2)10-8-14)24-21(22-13)28-12-19-23-17-6-4-3-5-16(17)20(26)25-19/h3-11H,12H2,1-2H3,(H,23,25,26). The summed E-state index contributed by atoms with van der Waals surface area (Å²) >= 11 is 1.44. The van der Waals surface area contributed by atoms with Gasteiger partial charge in [0.2, 0.25) is 0 Å². The molecule has 4 rings (SSSR count). The summed E-state index contributed by atoms with van der Waals surface area (Å²) in [6.07, 6.45) is 0. The van der Waals surface area contributed by atoms with E-state index in [-0.39, 0.29) is 5.56 Å². The third-order valence-electron chi connectivity index (χ3n) is 4.22. The van der Waals surface area contributed by atoms with Crippen LogP contribution in [0.25, 0.3) is 22.2 Å². The topological polar surface area (TPSA) is 80.8 Å². The summed E-state index contributed by atoms with van der Waals surface area (Å²) in [7, 11) is 1.64. The predicted molar refractivity (Wildman–Crippen MR) is 111 cm³/mol. The van der Waals surface area contributed by atoms with Gasteiger partial charge in [-0.15, -0.1) is 0 Å². The summed E-state index contributed by atoms with van der Waals surface area (Å²) in [6, 6.07) is 17.0. The molecule has 0 saturated heterocycles. The molecule has 2 aromatic carbocycles. The first kappa shape index (κ1) is 18.2. The Labute approximate surface area is 166 Å². The molecular weight excluding hydrogens is 372 g/mol. The summed E-state index contributed by atoms with van der Waals surface area (Å²) in [5.41, 5.74) is 3.27. The van der Waals surface area contributed by atoms with Gasteiger partial charge in [-0.25, -0.2) is 15.0 Å². The quantitative estimate of drug-likeness (QED) is 0.410. The summed E-state index contributed by atoms with van der Waals surface area (Å²) in [5, 5.41) is 1.23. The minimum atomic E-state index is -0.134. The van der Waals surface area contributed by atoms with Gasteiger partial charge in [0.25, 0.3) is 5.56 Å². The monoisotopic (exact) mass is 390 g/mol. The van der Waals surface area contributed by atoms with E-state index in [1.807, 2.05) is 55.5 Å². The maximum Gasteiger partial charge on any atom is 0.258 e. The lowest BCUT2D eigenvalue weighted by atomic mass is 10.1. The Kier molecular flexibility index (Phi) is 5.08. The molecule has 7 heteroatoms. The van der Waals surface area contributed by atoms with Gasteiger partial charge in [-0.2, -0.15) is 0 Å². The van der Waals surface area contributed by atoms with Crippen molar-refractivity contribution in [1.29, 1.82) is 0 Å². The van der Waals surface area contributed by atoms with Crippen LogP contribution in [0, 0.1) is 6.92 Å². The molecule has 0 spiro atoms. The van der Waals surface area contributed by atoms with Gasteiger partial charge in [-0.3, -0.25) is 4.79 Å². The molecule has 0 atom stereocenters. The Balaban J connectivity index is 1.58. The van der Waals surface area contributed by atoms with Crippen LogP contribution < -0.4 is 10.3 Å². The maximum atomic E-state index is 12.2. The van der Waals surface area contributed by atoms with Gasteiger partial charge in [0.1, 0.15) is 11.6 Å². The number of H-pyrrole nitrogens is 1. The Morgan fingerprint density at radius 2 is 1.82 bits per heavy atom. The summed E-state index contributed by atoms with van der Waals surface area (Å²) in [4.78, 5) is 28.7. The summed E-state index contributed by atoms with van der Waals surface area (Å²) in [5.74, 6) is 1.88. The highest BCUT2D eigenvalue weighted by Crippen LogP contribution is 2.25. The summed E-state index contributed by atoms with van der Waals surface area (Å²) < 4.78 is 5.21. The van der Waals surface area contributed by atoms with Crippen LogP contribution in [0.3, 0.4) is 0 Å². The van der Waals surface area contributed by atoms with E-state index in [2.05, 4.69) is 19.9 Å². The molecule has 0 aliphatic heterocycles. The van der Waals surface area contributed by atoms with Crippen molar-refractivity contribution < 1.29 is 4.74 Å². The van der Waals surface area contributed by atoms with Crippen LogP contribution in [0.1, 0.15) is 11.5 Å². The van der Waals surface area contributed by atoms with Crippen LogP contribution in [-0.4, -0.2) is 27.0 Å². The molecule has 1 N–H and O–H groups in total. The number of thioether (sulfide) groups is 1.